The molecule has 152 valence electrons. The van der Waals surface area contributed by atoms with Gasteiger partial charge in [0.25, 0.3) is 5.56 Å². The number of carbonyl (C=O) groups is 1. The molecule has 0 aliphatic rings. The first-order valence-corrected chi connectivity index (χ1v) is 10.8. The van der Waals surface area contributed by atoms with E-state index in [1.807, 2.05) is 27.7 Å². The Kier molecular flexibility index (Phi) is 7.26. The predicted octanol–water partition coefficient (Wildman–Crippen LogP) is 2.87. The standard InChI is InChI=1S/C19H26N4O3S2/c1-11(2)19(5,10-20)22-14(24)9-27-18-21-16-15(12(3)13(4)28-16)17(25)23(18)7-8-26-6/h11H,7-9H2,1-6H3,(H,22,24)/t19-/m1/s1. The molecule has 0 aliphatic heterocycles. The van der Waals surface area contributed by atoms with Crippen LogP contribution in [0, 0.1) is 31.1 Å². The van der Waals surface area contributed by atoms with Crippen LogP contribution in [0.5, 0.6) is 0 Å². The Labute approximate surface area is 173 Å². The van der Waals surface area contributed by atoms with E-state index in [0.29, 0.717) is 28.5 Å². The van der Waals surface area contributed by atoms with E-state index in [2.05, 4.69) is 16.4 Å². The molecule has 0 bridgehead atoms. The Morgan fingerprint density at radius 2 is 2.14 bits per heavy atom. The van der Waals surface area contributed by atoms with Crippen LogP contribution in [0.15, 0.2) is 9.95 Å². The Morgan fingerprint density at radius 3 is 2.71 bits per heavy atom. The van der Waals surface area contributed by atoms with Crippen LogP contribution in [-0.4, -0.2) is 40.5 Å². The smallest absolute Gasteiger partial charge is 0.263 e. The van der Waals surface area contributed by atoms with Gasteiger partial charge >= 0.3 is 0 Å². The first-order valence-electron chi connectivity index (χ1n) is 8.99. The van der Waals surface area contributed by atoms with Crippen LogP contribution in [0.4, 0.5) is 0 Å². The van der Waals surface area contributed by atoms with Gasteiger partial charge < -0.3 is 10.1 Å². The molecule has 0 aliphatic carbocycles. The number of nitriles is 1. The molecule has 2 heterocycles. The number of carbonyl (C=O) groups excluding carboxylic acids is 1. The molecule has 1 N–H and O–H groups in total. The van der Waals surface area contributed by atoms with E-state index in [1.54, 1.807) is 18.6 Å². The minimum atomic E-state index is -0.938. The number of aromatic nitrogens is 2. The van der Waals surface area contributed by atoms with Gasteiger partial charge in [0.15, 0.2) is 5.16 Å². The predicted molar refractivity (Wildman–Crippen MR) is 113 cm³/mol. The number of methoxy groups -OCH3 is 1. The lowest BCUT2D eigenvalue weighted by atomic mass is 9.90. The highest BCUT2D eigenvalue weighted by molar-refractivity contribution is 7.99. The number of hydrogen-bond donors (Lipinski definition) is 1. The summed E-state index contributed by atoms with van der Waals surface area (Å²) in [5, 5.41) is 13.3. The number of rotatable bonds is 8. The van der Waals surface area contributed by atoms with Gasteiger partial charge in [-0.3, -0.25) is 14.2 Å². The third-order valence-corrected chi connectivity index (χ3v) is 6.97. The van der Waals surface area contributed by atoms with Crippen molar-refractivity contribution in [1.82, 2.24) is 14.9 Å². The van der Waals surface area contributed by atoms with Crippen molar-refractivity contribution in [3.05, 3.63) is 20.8 Å². The summed E-state index contributed by atoms with van der Waals surface area (Å²) in [6.07, 6.45) is 0. The van der Waals surface area contributed by atoms with E-state index in [9.17, 15) is 14.9 Å². The van der Waals surface area contributed by atoms with Crippen molar-refractivity contribution < 1.29 is 9.53 Å². The van der Waals surface area contributed by atoms with Gasteiger partial charge in [-0.2, -0.15) is 5.26 Å². The van der Waals surface area contributed by atoms with Gasteiger partial charge in [-0.25, -0.2) is 4.98 Å². The van der Waals surface area contributed by atoms with E-state index in [4.69, 9.17) is 4.74 Å². The van der Waals surface area contributed by atoms with Crippen LogP contribution in [0.25, 0.3) is 10.2 Å². The third kappa shape index (κ3) is 4.57. The van der Waals surface area contributed by atoms with Crippen LogP contribution in [-0.2, 0) is 16.1 Å². The zero-order valence-electron chi connectivity index (χ0n) is 17.1. The molecule has 28 heavy (non-hydrogen) atoms. The molecule has 7 nitrogen and oxygen atoms in total. The number of fused-ring (bicyclic) bond motifs is 1. The van der Waals surface area contributed by atoms with Gasteiger partial charge in [-0.05, 0) is 32.3 Å². The van der Waals surface area contributed by atoms with Gasteiger partial charge in [0.2, 0.25) is 5.91 Å². The summed E-state index contributed by atoms with van der Waals surface area (Å²) in [5.41, 5.74) is -0.109. The summed E-state index contributed by atoms with van der Waals surface area (Å²) in [6, 6.07) is 2.16. The van der Waals surface area contributed by atoms with Gasteiger partial charge in [0.05, 0.1) is 30.4 Å². The molecular formula is C19H26N4O3S2. The zero-order chi connectivity index (χ0) is 21.1. The van der Waals surface area contributed by atoms with Gasteiger partial charge in [0, 0.05) is 12.0 Å². The van der Waals surface area contributed by atoms with E-state index >= 15 is 0 Å². The average Bonchev–Trinajstić information content (AvgIpc) is 2.93. The van der Waals surface area contributed by atoms with Crippen LogP contribution in [0.3, 0.4) is 0 Å². The fourth-order valence-corrected chi connectivity index (χ4v) is 4.45. The Balaban J connectivity index is 2.32. The topological polar surface area (TPSA) is 97.0 Å². The largest absolute Gasteiger partial charge is 0.383 e. The van der Waals surface area contributed by atoms with Crippen molar-refractivity contribution in [2.24, 2.45) is 5.92 Å². The van der Waals surface area contributed by atoms with Crippen LogP contribution < -0.4 is 10.9 Å². The zero-order valence-corrected chi connectivity index (χ0v) is 18.7. The summed E-state index contributed by atoms with van der Waals surface area (Å²) in [4.78, 5) is 31.8. The SMILES string of the molecule is COCCn1c(SCC(=O)N[C@](C)(C#N)C(C)C)nc2sc(C)c(C)c2c1=O. The van der Waals surface area contributed by atoms with Gasteiger partial charge in [-0.15, -0.1) is 11.3 Å². The van der Waals surface area contributed by atoms with Crippen LogP contribution >= 0.6 is 23.1 Å². The summed E-state index contributed by atoms with van der Waals surface area (Å²) in [6.45, 7) is 10.1. The quantitative estimate of drug-likeness (QED) is 0.519. The molecule has 2 aromatic heterocycles. The highest BCUT2D eigenvalue weighted by Gasteiger charge is 2.30. The molecule has 0 saturated heterocycles. The molecule has 1 atom stereocenters. The molecule has 0 unspecified atom stereocenters. The molecule has 1 amide bonds. The maximum Gasteiger partial charge on any atom is 0.263 e. The van der Waals surface area contributed by atoms with Crippen LogP contribution in [0.1, 0.15) is 31.2 Å². The number of amides is 1. The molecule has 2 rings (SSSR count). The summed E-state index contributed by atoms with van der Waals surface area (Å²) in [5.74, 6) is -0.232. The Morgan fingerprint density at radius 1 is 1.46 bits per heavy atom. The Hall–Kier alpha value is -1.89. The van der Waals surface area contributed by atoms with Crippen molar-refractivity contribution >= 4 is 39.2 Å². The van der Waals surface area contributed by atoms with Crippen molar-refractivity contribution in [3.63, 3.8) is 0 Å². The molecule has 2 aromatic rings. The maximum atomic E-state index is 13.0. The summed E-state index contributed by atoms with van der Waals surface area (Å²) in [7, 11) is 1.58. The minimum Gasteiger partial charge on any atom is -0.383 e. The van der Waals surface area contributed by atoms with E-state index in [-0.39, 0.29) is 23.1 Å². The number of hydrogen-bond acceptors (Lipinski definition) is 7. The lowest BCUT2D eigenvalue weighted by Crippen LogP contribution is -2.49. The second-order valence-corrected chi connectivity index (χ2v) is 9.26. The fourth-order valence-electron chi connectivity index (χ4n) is 2.56. The van der Waals surface area contributed by atoms with E-state index in [0.717, 1.165) is 10.4 Å². The number of thiophene rings is 1. The highest BCUT2D eigenvalue weighted by Crippen LogP contribution is 2.28. The molecule has 0 aromatic carbocycles. The average molecular weight is 423 g/mol. The number of nitrogens with one attached hydrogen (secondary N) is 1. The normalized spacial score (nSPS) is 13.5. The fraction of sp³-hybridized carbons (Fsp3) is 0.579. The molecule has 0 radical (unpaired) electrons. The Bertz CT molecular complexity index is 974. The third-order valence-electron chi connectivity index (χ3n) is 4.89. The monoisotopic (exact) mass is 422 g/mol. The number of aryl methyl sites for hydroxylation is 2. The highest BCUT2D eigenvalue weighted by atomic mass is 32.2. The van der Waals surface area contributed by atoms with Crippen LogP contribution in [0.2, 0.25) is 0 Å². The number of thioether (sulfide) groups is 1. The molecule has 0 spiro atoms. The number of nitrogens with zero attached hydrogens (tertiary/aromatic N) is 3. The first-order chi connectivity index (χ1) is 13.1. The lowest BCUT2D eigenvalue weighted by molar-refractivity contribution is -0.120. The lowest BCUT2D eigenvalue weighted by Gasteiger charge is -2.27. The molecular weight excluding hydrogens is 396 g/mol. The summed E-state index contributed by atoms with van der Waals surface area (Å²) >= 11 is 2.67. The minimum absolute atomic E-state index is 0.0297. The molecule has 0 saturated carbocycles. The first kappa shape index (κ1) is 22.4. The van der Waals surface area contributed by atoms with Gasteiger partial charge in [0.1, 0.15) is 10.4 Å². The van der Waals surface area contributed by atoms with Crippen molar-refractivity contribution in [2.75, 3.05) is 19.5 Å². The van der Waals surface area contributed by atoms with Gasteiger partial charge in [-0.1, -0.05) is 25.6 Å². The summed E-state index contributed by atoms with van der Waals surface area (Å²) < 4.78 is 6.69. The van der Waals surface area contributed by atoms with Crippen molar-refractivity contribution in [1.29, 1.82) is 5.26 Å². The molecule has 9 heteroatoms. The maximum absolute atomic E-state index is 13.0. The van der Waals surface area contributed by atoms with E-state index in [1.165, 1.54) is 23.1 Å². The second kappa shape index (κ2) is 9.07. The number of ether oxygens (including phenoxy) is 1. The van der Waals surface area contributed by atoms with Crippen molar-refractivity contribution in [3.8, 4) is 6.07 Å². The van der Waals surface area contributed by atoms with Crippen molar-refractivity contribution in [2.45, 2.75) is 51.9 Å². The molecule has 0 fully saturated rings. The van der Waals surface area contributed by atoms with E-state index < -0.39 is 5.54 Å². The second-order valence-electron chi connectivity index (χ2n) is 7.11.